The van der Waals surface area contributed by atoms with E-state index in [9.17, 15) is 9.90 Å². The van der Waals surface area contributed by atoms with Crippen LogP contribution in [0.4, 0.5) is 0 Å². The van der Waals surface area contributed by atoms with Crippen molar-refractivity contribution in [2.75, 3.05) is 0 Å². The zero-order chi connectivity index (χ0) is 12.7. The summed E-state index contributed by atoms with van der Waals surface area (Å²) in [6.07, 6.45) is 1.96. The van der Waals surface area contributed by atoms with Gasteiger partial charge < -0.3 is 9.90 Å². The van der Waals surface area contributed by atoms with Gasteiger partial charge in [-0.15, -0.1) is 0 Å². The van der Waals surface area contributed by atoms with Crippen molar-refractivity contribution in [2.24, 2.45) is 5.41 Å². The molecule has 1 N–H and O–H groups in total. The van der Waals surface area contributed by atoms with Crippen molar-refractivity contribution in [3.8, 4) is 0 Å². The van der Waals surface area contributed by atoms with Crippen LogP contribution in [-0.4, -0.2) is 17.5 Å². The zero-order valence-electron chi connectivity index (χ0n) is 10.7. The van der Waals surface area contributed by atoms with Crippen LogP contribution in [-0.2, 0) is 10.2 Å². The van der Waals surface area contributed by atoms with Crippen LogP contribution in [0.1, 0.15) is 37.8 Å². The Labute approximate surface area is 103 Å². The number of aldehydes is 1. The summed E-state index contributed by atoms with van der Waals surface area (Å²) < 4.78 is 0. The Balaban J connectivity index is 2.61. The highest BCUT2D eigenvalue weighted by atomic mass is 16.3. The maximum atomic E-state index is 11.7. The molecule has 1 saturated carbocycles. The first kappa shape index (κ1) is 12.3. The van der Waals surface area contributed by atoms with E-state index in [1.807, 2.05) is 31.2 Å². The molecule has 2 rings (SSSR count). The fraction of sp³-hybridized carbons (Fsp3) is 0.533. The predicted molar refractivity (Wildman–Crippen MR) is 67.9 cm³/mol. The third-order valence-corrected chi connectivity index (χ3v) is 4.37. The van der Waals surface area contributed by atoms with E-state index in [4.69, 9.17) is 0 Å². The van der Waals surface area contributed by atoms with Crippen molar-refractivity contribution in [1.29, 1.82) is 0 Å². The maximum absolute atomic E-state index is 11.7. The topological polar surface area (TPSA) is 37.3 Å². The molecule has 0 aliphatic heterocycles. The number of carbonyl (C=O) groups is 1. The molecular formula is C15H20O2. The molecule has 2 nitrogen and oxygen atoms in total. The largest absolute Gasteiger partial charge is 0.392 e. The van der Waals surface area contributed by atoms with Gasteiger partial charge in [0.2, 0.25) is 0 Å². The SMILES string of the molecule is Cc1cccc([C@@]2(C=O)[C@H](O)CCC2(C)C)c1. The highest BCUT2D eigenvalue weighted by molar-refractivity contribution is 5.72. The third kappa shape index (κ3) is 1.62. The van der Waals surface area contributed by atoms with E-state index in [-0.39, 0.29) is 5.41 Å². The summed E-state index contributed by atoms with van der Waals surface area (Å²) in [7, 11) is 0. The molecule has 92 valence electrons. The van der Waals surface area contributed by atoms with Crippen molar-refractivity contribution in [1.82, 2.24) is 0 Å². The van der Waals surface area contributed by atoms with Crippen LogP contribution in [0.3, 0.4) is 0 Å². The second kappa shape index (κ2) is 3.95. The number of aliphatic hydroxyl groups is 1. The van der Waals surface area contributed by atoms with Gasteiger partial charge in [0, 0.05) is 0 Å². The van der Waals surface area contributed by atoms with Gasteiger partial charge in [-0.05, 0) is 30.7 Å². The summed E-state index contributed by atoms with van der Waals surface area (Å²) >= 11 is 0. The maximum Gasteiger partial charge on any atom is 0.133 e. The van der Waals surface area contributed by atoms with Crippen molar-refractivity contribution in [3.63, 3.8) is 0 Å². The van der Waals surface area contributed by atoms with Crippen LogP contribution in [0.5, 0.6) is 0 Å². The number of rotatable bonds is 2. The average molecular weight is 232 g/mol. The molecule has 2 heteroatoms. The Morgan fingerprint density at radius 2 is 2.12 bits per heavy atom. The van der Waals surface area contributed by atoms with Gasteiger partial charge in [0.25, 0.3) is 0 Å². The van der Waals surface area contributed by atoms with E-state index in [1.165, 1.54) is 0 Å². The standard InChI is InChI=1S/C15H20O2/c1-11-5-4-6-12(9-11)15(10-16)13(17)7-8-14(15,2)3/h4-6,9-10,13,17H,7-8H2,1-3H3/t13-,15+/m1/s1. The van der Waals surface area contributed by atoms with Gasteiger partial charge in [0.05, 0.1) is 11.5 Å². The minimum absolute atomic E-state index is 0.192. The van der Waals surface area contributed by atoms with Crippen LogP contribution in [0, 0.1) is 12.3 Å². The minimum Gasteiger partial charge on any atom is -0.392 e. The first-order valence-corrected chi connectivity index (χ1v) is 6.15. The monoisotopic (exact) mass is 232 g/mol. The van der Waals surface area contributed by atoms with Gasteiger partial charge in [-0.3, -0.25) is 0 Å². The van der Waals surface area contributed by atoms with E-state index in [2.05, 4.69) is 13.8 Å². The van der Waals surface area contributed by atoms with Crippen LogP contribution in [0.25, 0.3) is 0 Å². The molecule has 0 spiro atoms. The second-order valence-electron chi connectivity index (χ2n) is 5.79. The molecule has 17 heavy (non-hydrogen) atoms. The molecular weight excluding hydrogens is 212 g/mol. The smallest absolute Gasteiger partial charge is 0.133 e. The summed E-state index contributed by atoms with van der Waals surface area (Å²) in [5.41, 5.74) is 1.13. The van der Waals surface area contributed by atoms with Crippen LogP contribution >= 0.6 is 0 Å². The number of aliphatic hydroxyl groups excluding tert-OH is 1. The number of aryl methyl sites for hydroxylation is 1. The molecule has 0 radical (unpaired) electrons. The summed E-state index contributed by atoms with van der Waals surface area (Å²) in [6, 6.07) is 7.94. The Hall–Kier alpha value is -1.15. The number of hydrogen-bond donors (Lipinski definition) is 1. The predicted octanol–water partition coefficient (Wildman–Crippen LogP) is 2.61. The average Bonchev–Trinajstić information content (AvgIpc) is 2.50. The van der Waals surface area contributed by atoms with Crippen LogP contribution in [0.15, 0.2) is 24.3 Å². The van der Waals surface area contributed by atoms with Gasteiger partial charge in [-0.1, -0.05) is 43.7 Å². The van der Waals surface area contributed by atoms with Gasteiger partial charge in [-0.25, -0.2) is 0 Å². The lowest BCUT2D eigenvalue weighted by Gasteiger charge is -2.39. The lowest BCUT2D eigenvalue weighted by atomic mass is 9.64. The van der Waals surface area contributed by atoms with Crippen molar-refractivity contribution in [3.05, 3.63) is 35.4 Å². The molecule has 1 aliphatic carbocycles. The molecule has 1 aromatic carbocycles. The van der Waals surface area contributed by atoms with E-state index < -0.39 is 11.5 Å². The lowest BCUT2D eigenvalue weighted by Crippen LogP contribution is -2.46. The summed E-state index contributed by atoms with van der Waals surface area (Å²) in [6.45, 7) is 6.15. The Kier molecular flexibility index (Phi) is 2.86. The molecule has 0 aromatic heterocycles. The van der Waals surface area contributed by atoms with Crippen LogP contribution < -0.4 is 0 Å². The van der Waals surface area contributed by atoms with Crippen molar-refractivity contribution in [2.45, 2.75) is 45.1 Å². The van der Waals surface area contributed by atoms with E-state index >= 15 is 0 Å². The first-order valence-electron chi connectivity index (χ1n) is 6.15. The van der Waals surface area contributed by atoms with E-state index in [1.54, 1.807) is 0 Å². The highest BCUT2D eigenvalue weighted by Crippen LogP contribution is 2.52. The molecule has 0 heterocycles. The lowest BCUT2D eigenvalue weighted by molar-refractivity contribution is -0.119. The first-order chi connectivity index (χ1) is 7.94. The third-order valence-electron chi connectivity index (χ3n) is 4.37. The molecule has 1 fully saturated rings. The fourth-order valence-corrected chi connectivity index (χ4v) is 3.17. The zero-order valence-corrected chi connectivity index (χ0v) is 10.7. The Morgan fingerprint density at radius 1 is 1.41 bits per heavy atom. The van der Waals surface area contributed by atoms with Crippen molar-refractivity contribution >= 4 is 6.29 Å². The fourth-order valence-electron chi connectivity index (χ4n) is 3.17. The summed E-state index contributed by atoms with van der Waals surface area (Å²) in [5.74, 6) is 0. The Bertz CT molecular complexity index is 436. The highest BCUT2D eigenvalue weighted by Gasteiger charge is 2.56. The second-order valence-corrected chi connectivity index (χ2v) is 5.79. The normalized spacial score (nSPS) is 31.4. The number of carbonyl (C=O) groups excluding carboxylic acids is 1. The van der Waals surface area contributed by atoms with Crippen LogP contribution in [0.2, 0.25) is 0 Å². The quantitative estimate of drug-likeness (QED) is 0.796. The molecule has 0 unspecified atom stereocenters. The molecule has 0 bridgehead atoms. The molecule has 1 aliphatic rings. The number of benzene rings is 1. The minimum atomic E-state index is -0.751. The number of hydrogen-bond acceptors (Lipinski definition) is 2. The molecule has 0 amide bonds. The Morgan fingerprint density at radius 3 is 2.59 bits per heavy atom. The summed E-state index contributed by atoms with van der Waals surface area (Å²) in [4.78, 5) is 11.7. The summed E-state index contributed by atoms with van der Waals surface area (Å²) in [5, 5.41) is 10.3. The van der Waals surface area contributed by atoms with Gasteiger partial charge in [-0.2, -0.15) is 0 Å². The van der Waals surface area contributed by atoms with Crippen molar-refractivity contribution < 1.29 is 9.90 Å². The van der Waals surface area contributed by atoms with E-state index in [0.29, 0.717) is 6.42 Å². The van der Waals surface area contributed by atoms with E-state index in [0.717, 1.165) is 23.8 Å². The molecule has 0 saturated heterocycles. The molecule has 2 atom stereocenters. The van der Waals surface area contributed by atoms with Gasteiger partial charge in [0.1, 0.15) is 6.29 Å². The van der Waals surface area contributed by atoms with Gasteiger partial charge >= 0.3 is 0 Å². The molecule has 1 aromatic rings. The van der Waals surface area contributed by atoms with Gasteiger partial charge in [0.15, 0.2) is 0 Å².